The Labute approximate surface area is 145 Å². The molecule has 0 bridgehead atoms. The van der Waals surface area contributed by atoms with Gasteiger partial charge in [0.1, 0.15) is 5.82 Å². The van der Waals surface area contributed by atoms with Gasteiger partial charge in [-0.05, 0) is 24.3 Å². The van der Waals surface area contributed by atoms with Crippen molar-refractivity contribution in [1.29, 1.82) is 0 Å². The van der Waals surface area contributed by atoms with Gasteiger partial charge in [0.2, 0.25) is 0 Å². The lowest BCUT2D eigenvalue weighted by molar-refractivity contribution is 0.0670. The van der Waals surface area contributed by atoms with E-state index in [9.17, 15) is 13.6 Å². The molecule has 2 aromatic rings. The van der Waals surface area contributed by atoms with Crippen LogP contribution in [0.2, 0.25) is 0 Å². The Morgan fingerprint density at radius 3 is 2.88 bits per heavy atom. The molecule has 1 atom stereocenters. The maximum atomic E-state index is 12.7. The van der Waals surface area contributed by atoms with Gasteiger partial charge in [0.05, 0.1) is 0 Å². The summed E-state index contributed by atoms with van der Waals surface area (Å²) in [5.74, 6) is 0.740. The van der Waals surface area contributed by atoms with Crippen LogP contribution in [0, 0.1) is 5.92 Å². The largest absolute Gasteiger partial charge is 0.338 e. The second kappa shape index (κ2) is 8.09. The first-order valence-electron chi connectivity index (χ1n) is 8.50. The molecule has 0 unspecified atom stereocenters. The number of rotatable bonds is 6. The number of benzene rings is 1. The van der Waals surface area contributed by atoms with E-state index < -0.39 is 6.55 Å². The van der Waals surface area contributed by atoms with Gasteiger partial charge in [0, 0.05) is 38.4 Å². The quantitative estimate of drug-likeness (QED) is 0.872. The molecule has 25 heavy (non-hydrogen) atoms. The molecule has 1 N–H and O–H groups in total. The van der Waals surface area contributed by atoms with Gasteiger partial charge in [-0.15, -0.1) is 0 Å². The standard InChI is InChI=1S/C18H22F2N4O/c19-17(20)24-11-9-21-16(24)6-8-22-18(25)23-10-7-15(13-23)12-14-4-2-1-3-5-14/h1-5,9,11,15,17H,6-8,10,12-13H2,(H,22,25)/t15-/m1/s1. The number of nitrogens with zero attached hydrogens (tertiary/aromatic N) is 3. The molecular formula is C18H22F2N4O. The summed E-state index contributed by atoms with van der Waals surface area (Å²) in [6, 6.07) is 10.1. The Kier molecular flexibility index (Phi) is 5.63. The molecule has 0 saturated carbocycles. The van der Waals surface area contributed by atoms with E-state index in [2.05, 4.69) is 22.4 Å². The second-order valence-electron chi connectivity index (χ2n) is 6.30. The fraction of sp³-hybridized carbons (Fsp3) is 0.444. The van der Waals surface area contributed by atoms with E-state index in [1.165, 1.54) is 18.0 Å². The van der Waals surface area contributed by atoms with Gasteiger partial charge in [-0.1, -0.05) is 30.3 Å². The van der Waals surface area contributed by atoms with Gasteiger partial charge in [0.25, 0.3) is 0 Å². The average molecular weight is 348 g/mol. The van der Waals surface area contributed by atoms with Crippen molar-refractivity contribution in [1.82, 2.24) is 19.8 Å². The van der Waals surface area contributed by atoms with E-state index >= 15 is 0 Å². The number of urea groups is 1. The van der Waals surface area contributed by atoms with Crippen molar-refractivity contribution in [2.75, 3.05) is 19.6 Å². The van der Waals surface area contributed by atoms with E-state index in [4.69, 9.17) is 0 Å². The molecule has 0 radical (unpaired) electrons. The van der Waals surface area contributed by atoms with Crippen molar-refractivity contribution >= 4 is 6.03 Å². The van der Waals surface area contributed by atoms with Crippen molar-refractivity contribution in [3.8, 4) is 0 Å². The summed E-state index contributed by atoms with van der Waals surface area (Å²) < 4.78 is 26.3. The summed E-state index contributed by atoms with van der Waals surface area (Å²) in [5.41, 5.74) is 1.29. The van der Waals surface area contributed by atoms with Crippen molar-refractivity contribution in [3.63, 3.8) is 0 Å². The maximum Gasteiger partial charge on any atom is 0.319 e. The fourth-order valence-corrected chi connectivity index (χ4v) is 3.24. The SMILES string of the molecule is O=C(NCCc1nccn1C(F)F)N1CC[C@H](Cc2ccccc2)C1. The highest BCUT2D eigenvalue weighted by atomic mass is 19.3. The van der Waals surface area contributed by atoms with Crippen LogP contribution in [0.25, 0.3) is 0 Å². The number of hydrogen-bond donors (Lipinski definition) is 1. The minimum atomic E-state index is -2.61. The first kappa shape index (κ1) is 17.4. The van der Waals surface area contributed by atoms with Crippen molar-refractivity contribution in [2.45, 2.75) is 25.8 Å². The van der Waals surface area contributed by atoms with Crippen LogP contribution >= 0.6 is 0 Å². The van der Waals surface area contributed by atoms with Gasteiger partial charge >= 0.3 is 12.6 Å². The number of nitrogens with one attached hydrogen (secondary N) is 1. The molecule has 0 aliphatic carbocycles. The zero-order valence-electron chi connectivity index (χ0n) is 13.9. The normalized spacial score (nSPS) is 17.2. The van der Waals surface area contributed by atoms with Crippen LogP contribution in [0.15, 0.2) is 42.7 Å². The third kappa shape index (κ3) is 4.55. The number of carbonyl (C=O) groups excluding carboxylic acids is 1. The highest BCUT2D eigenvalue weighted by molar-refractivity contribution is 5.74. The van der Waals surface area contributed by atoms with Crippen LogP contribution in [0.1, 0.15) is 24.4 Å². The molecule has 1 aromatic heterocycles. The van der Waals surface area contributed by atoms with Crippen molar-refractivity contribution < 1.29 is 13.6 Å². The predicted octanol–water partition coefficient (Wildman–Crippen LogP) is 3.09. The lowest BCUT2D eigenvalue weighted by Gasteiger charge is -2.17. The van der Waals surface area contributed by atoms with Crippen LogP contribution in [0.5, 0.6) is 0 Å². The molecule has 134 valence electrons. The van der Waals surface area contributed by atoms with E-state index in [1.54, 1.807) is 4.90 Å². The Morgan fingerprint density at radius 2 is 2.12 bits per heavy atom. The number of amides is 2. The molecule has 1 fully saturated rings. The van der Waals surface area contributed by atoms with Crippen LogP contribution in [-0.4, -0.2) is 40.1 Å². The van der Waals surface area contributed by atoms with Gasteiger partial charge in [-0.3, -0.25) is 4.57 Å². The maximum absolute atomic E-state index is 12.7. The molecule has 3 rings (SSSR count). The van der Waals surface area contributed by atoms with E-state index in [1.807, 2.05) is 18.2 Å². The number of likely N-dealkylation sites (tertiary alicyclic amines) is 1. The Hall–Kier alpha value is -2.44. The van der Waals surface area contributed by atoms with E-state index in [0.717, 1.165) is 30.5 Å². The molecule has 1 aromatic carbocycles. The molecular weight excluding hydrogens is 326 g/mol. The summed E-state index contributed by atoms with van der Waals surface area (Å²) >= 11 is 0. The molecule has 5 nitrogen and oxygen atoms in total. The minimum absolute atomic E-state index is 0.134. The molecule has 1 aliphatic heterocycles. The molecule has 0 spiro atoms. The monoisotopic (exact) mass is 348 g/mol. The third-order valence-corrected chi connectivity index (χ3v) is 4.52. The van der Waals surface area contributed by atoms with Crippen LogP contribution < -0.4 is 5.32 Å². The van der Waals surface area contributed by atoms with Gasteiger partial charge in [-0.25, -0.2) is 9.78 Å². The Bertz CT molecular complexity index is 689. The summed E-state index contributed by atoms with van der Waals surface area (Å²) in [5, 5.41) is 2.80. The smallest absolute Gasteiger partial charge is 0.319 e. The van der Waals surface area contributed by atoms with E-state index in [0.29, 0.717) is 12.5 Å². The Balaban J connectivity index is 1.42. The molecule has 7 heteroatoms. The number of alkyl halides is 2. The van der Waals surface area contributed by atoms with Gasteiger partial charge in [-0.2, -0.15) is 8.78 Å². The van der Waals surface area contributed by atoms with Gasteiger partial charge in [0.15, 0.2) is 0 Å². The van der Waals surface area contributed by atoms with Crippen LogP contribution in [0.4, 0.5) is 13.6 Å². The Morgan fingerprint density at radius 1 is 1.32 bits per heavy atom. The zero-order valence-corrected chi connectivity index (χ0v) is 13.9. The van der Waals surface area contributed by atoms with E-state index in [-0.39, 0.29) is 18.3 Å². The molecule has 2 heterocycles. The highest BCUT2D eigenvalue weighted by Gasteiger charge is 2.26. The van der Waals surface area contributed by atoms with Gasteiger partial charge < -0.3 is 10.2 Å². The third-order valence-electron chi connectivity index (χ3n) is 4.52. The summed E-state index contributed by atoms with van der Waals surface area (Å²) in [6.45, 7) is -0.852. The van der Waals surface area contributed by atoms with Crippen LogP contribution in [0.3, 0.4) is 0 Å². The zero-order chi connectivity index (χ0) is 17.6. The lowest BCUT2D eigenvalue weighted by atomic mass is 9.99. The number of aromatic nitrogens is 2. The molecule has 1 aliphatic rings. The minimum Gasteiger partial charge on any atom is -0.338 e. The lowest BCUT2D eigenvalue weighted by Crippen LogP contribution is -2.39. The second-order valence-corrected chi connectivity index (χ2v) is 6.30. The topological polar surface area (TPSA) is 50.2 Å². The fourth-order valence-electron chi connectivity index (χ4n) is 3.24. The first-order valence-corrected chi connectivity index (χ1v) is 8.50. The summed E-state index contributed by atoms with van der Waals surface area (Å²) in [7, 11) is 0. The number of halogens is 2. The number of carbonyl (C=O) groups is 1. The predicted molar refractivity (Wildman–Crippen MR) is 90.4 cm³/mol. The number of hydrogen-bond acceptors (Lipinski definition) is 2. The van der Waals surface area contributed by atoms with Crippen molar-refractivity contribution in [3.05, 3.63) is 54.1 Å². The number of imidazole rings is 1. The first-order chi connectivity index (χ1) is 12.1. The highest BCUT2D eigenvalue weighted by Crippen LogP contribution is 2.20. The summed E-state index contributed by atoms with van der Waals surface area (Å²) in [6.07, 6.45) is 4.83. The molecule has 2 amide bonds. The van der Waals surface area contributed by atoms with Crippen molar-refractivity contribution in [2.24, 2.45) is 5.92 Å². The molecule has 1 saturated heterocycles. The average Bonchev–Trinajstić information content (AvgIpc) is 3.25. The summed E-state index contributed by atoms with van der Waals surface area (Å²) in [4.78, 5) is 17.9. The van der Waals surface area contributed by atoms with Crippen LogP contribution in [-0.2, 0) is 12.8 Å².